The Balaban J connectivity index is 2.10. The lowest BCUT2D eigenvalue weighted by Crippen LogP contribution is -2.51. The molecular weight excluding hydrogens is 332 g/mol. The second-order valence-electron chi connectivity index (χ2n) is 7.89. The second kappa shape index (κ2) is 9.21. The number of furan rings is 1. The standard InChI is InChI=1S/C20H32N2O4/c1-5-8-18(23)22(20(2,3)4)15-19(24)21(13-16-9-6-11-25-16)14-17-10-7-12-26-17/h6,9,11,17H,5,7-8,10,12-15H2,1-4H3/t17-/m0/s1. The minimum atomic E-state index is -0.401. The van der Waals surface area contributed by atoms with Gasteiger partial charge in [-0.1, -0.05) is 6.92 Å². The minimum absolute atomic E-state index is 0.0171. The van der Waals surface area contributed by atoms with E-state index in [-0.39, 0.29) is 24.5 Å². The summed E-state index contributed by atoms with van der Waals surface area (Å²) >= 11 is 0. The zero-order valence-electron chi connectivity index (χ0n) is 16.5. The number of carbonyl (C=O) groups is 2. The molecule has 0 saturated carbocycles. The van der Waals surface area contributed by atoms with Crippen molar-refractivity contribution in [1.82, 2.24) is 9.80 Å². The predicted molar refractivity (Wildman–Crippen MR) is 99.5 cm³/mol. The largest absolute Gasteiger partial charge is 0.467 e. The van der Waals surface area contributed by atoms with Crippen LogP contribution < -0.4 is 0 Å². The van der Waals surface area contributed by atoms with Crippen molar-refractivity contribution in [2.24, 2.45) is 0 Å². The first kappa shape index (κ1) is 20.5. The van der Waals surface area contributed by atoms with Crippen molar-refractivity contribution < 1.29 is 18.7 Å². The number of hydrogen-bond donors (Lipinski definition) is 0. The van der Waals surface area contributed by atoms with Crippen molar-refractivity contribution >= 4 is 11.8 Å². The topological polar surface area (TPSA) is 63.0 Å². The smallest absolute Gasteiger partial charge is 0.242 e. The number of nitrogens with zero attached hydrogens (tertiary/aromatic N) is 2. The maximum atomic E-state index is 13.1. The number of hydrogen-bond acceptors (Lipinski definition) is 4. The Labute approximate surface area is 156 Å². The maximum absolute atomic E-state index is 13.1. The highest BCUT2D eigenvalue weighted by atomic mass is 16.5. The lowest BCUT2D eigenvalue weighted by Gasteiger charge is -2.37. The lowest BCUT2D eigenvalue weighted by atomic mass is 10.0. The Morgan fingerprint density at radius 3 is 2.58 bits per heavy atom. The molecule has 1 aromatic rings. The van der Waals surface area contributed by atoms with Crippen molar-refractivity contribution in [2.75, 3.05) is 19.7 Å². The zero-order chi connectivity index (χ0) is 19.2. The summed E-state index contributed by atoms with van der Waals surface area (Å²) in [6.45, 7) is 9.61. The second-order valence-corrected chi connectivity index (χ2v) is 7.89. The highest BCUT2D eigenvalue weighted by Crippen LogP contribution is 2.19. The molecule has 6 heteroatoms. The Bertz CT molecular complexity index is 571. The quantitative estimate of drug-likeness (QED) is 0.710. The molecule has 0 radical (unpaired) electrons. The zero-order valence-corrected chi connectivity index (χ0v) is 16.5. The van der Waals surface area contributed by atoms with E-state index < -0.39 is 5.54 Å². The van der Waals surface area contributed by atoms with E-state index in [0.717, 1.165) is 31.6 Å². The SMILES string of the molecule is CCCC(=O)N(CC(=O)N(Cc1ccco1)C[C@@H]1CCCO1)C(C)(C)C. The molecule has 0 aliphatic carbocycles. The van der Waals surface area contributed by atoms with Gasteiger partial charge in [-0.05, 0) is 52.2 Å². The van der Waals surface area contributed by atoms with Crippen LogP contribution in [0.25, 0.3) is 0 Å². The molecule has 2 amide bonds. The average molecular weight is 364 g/mol. The van der Waals surface area contributed by atoms with Crippen molar-refractivity contribution in [3.05, 3.63) is 24.2 Å². The summed E-state index contributed by atoms with van der Waals surface area (Å²) in [6.07, 6.45) is 4.87. The molecule has 6 nitrogen and oxygen atoms in total. The molecule has 2 rings (SSSR count). The molecule has 1 saturated heterocycles. The van der Waals surface area contributed by atoms with E-state index in [1.807, 2.05) is 39.8 Å². The molecule has 1 fully saturated rings. The van der Waals surface area contributed by atoms with E-state index in [9.17, 15) is 9.59 Å². The van der Waals surface area contributed by atoms with Gasteiger partial charge in [0.25, 0.3) is 0 Å². The van der Waals surface area contributed by atoms with Gasteiger partial charge in [-0.25, -0.2) is 0 Å². The van der Waals surface area contributed by atoms with Crippen molar-refractivity contribution in [3.63, 3.8) is 0 Å². The van der Waals surface area contributed by atoms with Crippen LogP contribution in [0.1, 0.15) is 59.1 Å². The molecule has 0 unspecified atom stereocenters. The Kier molecular flexibility index (Phi) is 7.26. The van der Waals surface area contributed by atoms with Gasteiger partial charge in [0.1, 0.15) is 12.3 Å². The predicted octanol–water partition coefficient (Wildman–Crippen LogP) is 3.21. The average Bonchev–Trinajstić information content (AvgIpc) is 3.24. The van der Waals surface area contributed by atoms with E-state index in [0.29, 0.717) is 19.5 Å². The highest BCUT2D eigenvalue weighted by Gasteiger charge is 2.31. The van der Waals surface area contributed by atoms with Gasteiger partial charge < -0.3 is 19.0 Å². The Morgan fingerprint density at radius 1 is 1.27 bits per heavy atom. The first-order chi connectivity index (χ1) is 12.3. The fourth-order valence-corrected chi connectivity index (χ4v) is 3.16. The molecule has 0 bridgehead atoms. The number of carbonyl (C=O) groups excluding carboxylic acids is 2. The Morgan fingerprint density at radius 2 is 2.04 bits per heavy atom. The van der Waals surface area contributed by atoms with Crippen LogP contribution in [-0.2, 0) is 20.9 Å². The third-order valence-corrected chi connectivity index (χ3v) is 4.60. The van der Waals surface area contributed by atoms with Crippen LogP contribution in [-0.4, -0.2) is 53.0 Å². The summed E-state index contributed by atoms with van der Waals surface area (Å²) in [7, 11) is 0. The third-order valence-electron chi connectivity index (χ3n) is 4.60. The summed E-state index contributed by atoms with van der Waals surface area (Å²) < 4.78 is 11.1. The van der Waals surface area contributed by atoms with E-state index in [4.69, 9.17) is 9.15 Å². The monoisotopic (exact) mass is 364 g/mol. The molecule has 0 aromatic carbocycles. The van der Waals surface area contributed by atoms with Gasteiger partial charge in [-0.2, -0.15) is 0 Å². The van der Waals surface area contributed by atoms with Gasteiger partial charge >= 0.3 is 0 Å². The van der Waals surface area contributed by atoms with Crippen LogP contribution in [0.15, 0.2) is 22.8 Å². The molecule has 2 heterocycles. The van der Waals surface area contributed by atoms with Crippen LogP contribution in [0.3, 0.4) is 0 Å². The summed E-state index contributed by atoms with van der Waals surface area (Å²) in [6, 6.07) is 3.68. The summed E-state index contributed by atoms with van der Waals surface area (Å²) in [5.74, 6) is 0.679. The maximum Gasteiger partial charge on any atom is 0.242 e. The van der Waals surface area contributed by atoms with Crippen molar-refractivity contribution in [3.8, 4) is 0 Å². The van der Waals surface area contributed by atoms with Crippen LogP contribution in [0.4, 0.5) is 0 Å². The normalized spacial score (nSPS) is 17.3. The van der Waals surface area contributed by atoms with Crippen LogP contribution in [0.5, 0.6) is 0 Å². The van der Waals surface area contributed by atoms with E-state index in [2.05, 4.69) is 0 Å². The number of amides is 2. The van der Waals surface area contributed by atoms with Gasteiger partial charge in [-0.3, -0.25) is 9.59 Å². The fourth-order valence-electron chi connectivity index (χ4n) is 3.16. The molecule has 26 heavy (non-hydrogen) atoms. The van der Waals surface area contributed by atoms with E-state index >= 15 is 0 Å². The summed E-state index contributed by atoms with van der Waals surface area (Å²) in [5.41, 5.74) is -0.401. The van der Waals surface area contributed by atoms with E-state index in [1.54, 1.807) is 16.1 Å². The van der Waals surface area contributed by atoms with E-state index in [1.165, 1.54) is 0 Å². The molecule has 1 atom stereocenters. The molecule has 1 aliphatic rings. The van der Waals surface area contributed by atoms with Crippen LogP contribution in [0, 0.1) is 0 Å². The minimum Gasteiger partial charge on any atom is -0.467 e. The first-order valence-corrected chi connectivity index (χ1v) is 9.53. The van der Waals surface area contributed by atoms with Crippen LogP contribution in [0.2, 0.25) is 0 Å². The molecule has 1 aromatic heterocycles. The lowest BCUT2D eigenvalue weighted by molar-refractivity contribution is -0.146. The van der Waals surface area contributed by atoms with Crippen molar-refractivity contribution in [2.45, 2.75) is 71.6 Å². The van der Waals surface area contributed by atoms with Gasteiger partial charge in [0, 0.05) is 25.1 Å². The van der Waals surface area contributed by atoms with Gasteiger partial charge in [0.2, 0.25) is 11.8 Å². The molecule has 0 N–H and O–H groups in total. The molecular formula is C20H32N2O4. The molecule has 1 aliphatic heterocycles. The van der Waals surface area contributed by atoms with Crippen LogP contribution >= 0.6 is 0 Å². The first-order valence-electron chi connectivity index (χ1n) is 9.53. The third kappa shape index (κ3) is 5.87. The van der Waals surface area contributed by atoms with Crippen molar-refractivity contribution in [1.29, 1.82) is 0 Å². The number of ether oxygens (including phenoxy) is 1. The van der Waals surface area contributed by atoms with Gasteiger partial charge in [-0.15, -0.1) is 0 Å². The molecule has 146 valence electrons. The fraction of sp³-hybridized carbons (Fsp3) is 0.700. The summed E-state index contributed by atoms with van der Waals surface area (Å²) in [5, 5.41) is 0. The Hall–Kier alpha value is -1.82. The van der Waals surface area contributed by atoms with Gasteiger partial charge in [0.05, 0.1) is 18.9 Å². The molecule has 0 spiro atoms. The highest BCUT2D eigenvalue weighted by molar-refractivity contribution is 5.85. The van der Waals surface area contributed by atoms with Gasteiger partial charge in [0.15, 0.2) is 0 Å². The summed E-state index contributed by atoms with van der Waals surface area (Å²) in [4.78, 5) is 29.0. The number of rotatable bonds is 8.